The molecule has 1 heterocycles. The van der Waals surface area contributed by atoms with Gasteiger partial charge in [-0.1, -0.05) is 6.92 Å². The third kappa shape index (κ3) is 0.962. The van der Waals surface area contributed by atoms with E-state index in [0.717, 1.165) is 17.9 Å². The van der Waals surface area contributed by atoms with E-state index in [1.54, 1.807) is 0 Å². The molecule has 1 heteroatoms. The lowest BCUT2D eigenvalue weighted by Crippen LogP contribution is -1.79. The summed E-state index contributed by atoms with van der Waals surface area (Å²) in [5.74, 6) is 2.20. The molecule has 56 valence electrons. The van der Waals surface area contributed by atoms with Crippen molar-refractivity contribution in [2.24, 2.45) is 0 Å². The normalized spacial score (nSPS) is 10.4. The minimum atomic E-state index is 1.00. The highest BCUT2D eigenvalue weighted by molar-refractivity contribution is 5.30. The Bertz CT molecular complexity index is 233. The first-order valence-corrected chi connectivity index (χ1v) is 3.72. The first kappa shape index (κ1) is 7.39. The molecule has 0 spiro atoms. The van der Waals surface area contributed by atoms with Crippen molar-refractivity contribution in [1.82, 2.24) is 0 Å². The lowest BCUT2D eigenvalue weighted by molar-refractivity contribution is 0.485. The Balaban J connectivity index is 3.17. The van der Waals surface area contributed by atoms with E-state index >= 15 is 0 Å². The third-order valence-electron chi connectivity index (χ3n) is 2.11. The summed E-state index contributed by atoms with van der Waals surface area (Å²) < 4.78 is 5.49. The van der Waals surface area contributed by atoms with Gasteiger partial charge in [0.15, 0.2) is 0 Å². The zero-order valence-electron chi connectivity index (χ0n) is 7.12. The highest BCUT2D eigenvalue weighted by atomic mass is 16.3. The highest BCUT2D eigenvalue weighted by Crippen LogP contribution is 2.20. The number of hydrogen-bond donors (Lipinski definition) is 0. The van der Waals surface area contributed by atoms with E-state index < -0.39 is 0 Å². The minimum Gasteiger partial charge on any atom is -0.466 e. The Kier molecular flexibility index (Phi) is 1.84. The summed E-state index contributed by atoms with van der Waals surface area (Å²) in [6, 6.07) is 0. The van der Waals surface area contributed by atoms with Crippen LogP contribution in [0.3, 0.4) is 0 Å². The molecule has 0 N–H and O–H groups in total. The fourth-order valence-electron chi connectivity index (χ4n) is 1.15. The summed E-state index contributed by atoms with van der Waals surface area (Å²) in [6.07, 6.45) is 1.00. The molecule has 0 bridgehead atoms. The zero-order valence-corrected chi connectivity index (χ0v) is 7.12. The first-order valence-electron chi connectivity index (χ1n) is 3.72. The van der Waals surface area contributed by atoms with E-state index in [9.17, 15) is 0 Å². The van der Waals surface area contributed by atoms with Crippen LogP contribution in [-0.4, -0.2) is 0 Å². The number of aryl methyl sites for hydroxylation is 2. The summed E-state index contributed by atoms with van der Waals surface area (Å²) in [5.41, 5.74) is 2.62. The van der Waals surface area contributed by atoms with Crippen LogP contribution in [0.15, 0.2) is 4.42 Å². The lowest BCUT2D eigenvalue weighted by Gasteiger charge is -1.89. The topological polar surface area (TPSA) is 13.1 Å². The van der Waals surface area contributed by atoms with Gasteiger partial charge in [-0.15, -0.1) is 0 Å². The second-order valence-electron chi connectivity index (χ2n) is 2.68. The second kappa shape index (κ2) is 2.49. The van der Waals surface area contributed by atoms with E-state index in [0.29, 0.717) is 0 Å². The molecule has 0 amide bonds. The van der Waals surface area contributed by atoms with Gasteiger partial charge in [0.05, 0.1) is 0 Å². The van der Waals surface area contributed by atoms with Gasteiger partial charge in [-0.2, -0.15) is 0 Å². The van der Waals surface area contributed by atoms with Crippen molar-refractivity contribution in [1.29, 1.82) is 0 Å². The molecule has 0 saturated heterocycles. The summed E-state index contributed by atoms with van der Waals surface area (Å²) in [4.78, 5) is 0. The molecule has 0 aliphatic heterocycles. The monoisotopic (exact) mass is 138 g/mol. The van der Waals surface area contributed by atoms with Gasteiger partial charge >= 0.3 is 0 Å². The maximum absolute atomic E-state index is 5.49. The van der Waals surface area contributed by atoms with Crippen LogP contribution in [0, 0.1) is 20.8 Å². The molecule has 0 aliphatic rings. The number of hydrogen-bond acceptors (Lipinski definition) is 1. The van der Waals surface area contributed by atoms with Crippen molar-refractivity contribution in [3.63, 3.8) is 0 Å². The van der Waals surface area contributed by atoms with Crippen molar-refractivity contribution in [3.8, 4) is 0 Å². The SMILES string of the molecule is CCc1oc(C)c(C)c1C. The number of furan rings is 1. The average Bonchev–Trinajstić information content (AvgIpc) is 2.17. The Hall–Kier alpha value is -0.720. The van der Waals surface area contributed by atoms with Crippen molar-refractivity contribution >= 4 is 0 Å². The summed E-state index contributed by atoms with van der Waals surface area (Å²) >= 11 is 0. The van der Waals surface area contributed by atoms with Gasteiger partial charge in [0.1, 0.15) is 11.5 Å². The van der Waals surface area contributed by atoms with Crippen LogP contribution < -0.4 is 0 Å². The maximum atomic E-state index is 5.49. The fourth-order valence-corrected chi connectivity index (χ4v) is 1.15. The van der Waals surface area contributed by atoms with E-state index in [-0.39, 0.29) is 0 Å². The molecular formula is C9H14O. The van der Waals surface area contributed by atoms with E-state index in [4.69, 9.17) is 4.42 Å². The molecule has 0 atom stereocenters. The standard InChI is InChI=1S/C9H14O/c1-5-9-7(3)6(2)8(4)10-9/h5H2,1-4H3. The van der Waals surface area contributed by atoms with Gasteiger partial charge in [-0.3, -0.25) is 0 Å². The van der Waals surface area contributed by atoms with Crippen LogP contribution in [0.1, 0.15) is 29.6 Å². The van der Waals surface area contributed by atoms with E-state index in [1.807, 2.05) is 6.92 Å². The second-order valence-corrected chi connectivity index (χ2v) is 2.68. The Morgan fingerprint density at radius 3 is 1.90 bits per heavy atom. The predicted molar refractivity (Wildman–Crippen MR) is 42.3 cm³/mol. The largest absolute Gasteiger partial charge is 0.466 e. The molecule has 1 aromatic heterocycles. The molecule has 1 rings (SSSR count). The average molecular weight is 138 g/mol. The molecule has 0 radical (unpaired) electrons. The van der Waals surface area contributed by atoms with Crippen LogP contribution in [0.4, 0.5) is 0 Å². The summed E-state index contributed by atoms with van der Waals surface area (Å²) in [7, 11) is 0. The van der Waals surface area contributed by atoms with Gasteiger partial charge in [-0.05, 0) is 31.9 Å². The molecule has 0 aromatic carbocycles. The Labute approximate surface area is 62.1 Å². The Morgan fingerprint density at radius 2 is 1.70 bits per heavy atom. The Morgan fingerprint density at radius 1 is 1.10 bits per heavy atom. The number of rotatable bonds is 1. The van der Waals surface area contributed by atoms with Gasteiger partial charge in [0.2, 0.25) is 0 Å². The van der Waals surface area contributed by atoms with Crippen molar-refractivity contribution < 1.29 is 4.42 Å². The van der Waals surface area contributed by atoms with Crippen molar-refractivity contribution in [2.75, 3.05) is 0 Å². The van der Waals surface area contributed by atoms with Gasteiger partial charge in [0, 0.05) is 6.42 Å². The van der Waals surface area contributed by atoms with Gasteiger partial charge < -0.3 is 4.42 Å². The molecule has 0 unspecified atom stereocenters. The molecular weight excluding hydrogens is 124 g/mol. The van der Waals surface area contributed by atoms with E-state index in [2.05, 4.69) is 20.8 Å². The lowest BCUT2D eigenvalue weighted by atomic mass is 10.1. The molecule has 1 nitrogen and oxygen atoms in total. The van der Waals surface area contributed by atoms with Gasteiger partial charge in [0.25, 0.3) is 0 Å². The van der Waals surface area contributed by atoms with Crippen molar-refractivity contribution in [3.05, 3.63) is 22.6 Å². The van der Waals surface area contributed by atoms with Crippen LogP contribution in [0.5, 0.6) is 0 Å². The molecule has 1 aromatic rings. The zero-order chi connectivity index (χ0) is 7.72. The summed E-state index contributed by atoms with van der Waals surface area (Å²) in [6.45, 7) is 8.35. The fraction of sp³-hybridized carbons (Fsp3) is 0.556. The molecule has 0 saturated carbocycles. The van der Waals surface area contributed by atoms with Crippen LogP contribution in [-0.2, 0) is 6.42 Å². The van der Waals surface area contributed by atoms with Crippen LogP contribution >= 0.6 is 0 Å². The maximum Gasteiger partial charge on any atom is 0.107 e. The van der Waals surface area contributed by atoms with Crippen LogP contribution in [0.2, 0.25) is 0 Å². The van der Waals surface area contributed by atoms with E-state index in [1.165, 1.54) is 11.1 Å². The summed E-state index contributed by atoms with van der Waals surface area (Å²) in [5, 5.41) is 0. The van der Waals surface area contributed by atoms with Crippen LogP contribution in [0.25, 0.3) is 0 Å². The third-order valence-corrected chi connectivity index (χ3v) is 2.11. The predicted octanol–water partition coefficient (Wildman–Crippen LogP) is 2.77. The van der Waals surface area contributed by atoms with Gasteiger partial charge in [-0.25, -0.2) is 0 Å². The quantitative estimate of drug-likeness (QED) is 0.581. The smallest absolute Gasteiger partial charge is 0.107 e. The first-order chi connectivity index (χ1) is 4.66. The molecule has 0 fully saturated rings. The molecule has 0 aliphatic carbocycles. The molecule has 10 heavy (non-hydrogen) atoms. The highest BCUT2D eigenvalue weighted by Gasteiger charge is 2.06. The minimum absolute atomic E-state index is 1.00. The van der Waals surface area contributed by atoms with Crippen molar-refractivity contribution in [2.45, 2.75) is 34.1 Å².